The molecule has 5 nitrogen and oxygen atoms in total. The average Bonchev–Trinajstić information content (AvgIpc) is 3.63. The summed E-state index contributed by atoms with van der Waals surface area (Å²) in [5, 5.41) is 17.7. The van der Waals surface area contributed by atoms with E-state index in [0.717, 1.165) is 35.9 Å². The lowest BCUT2D eigenvalue weighted by molar-refractivity contribution is 0.112. The lowest BCUT2D eigenvalue weighted by atomic mass is 9.93. The Morgan fingerprint density at radius 2 is 1.69 bits per heavy atom. The molecule has 2 N–H and O–H groups in total. The fourth-order valence-electron chi connectivity index (χ4n) is 3.57. The first-order chi connectivity index (χ1) is 15.5. The number of carbonyl (C=O) groups is 1. The van der Waals surface area contributed by atoms with E-state index in [4.69, 9.17) is 21.8 Å². The number of pyridine rings is 1. The number of carbonyl (C=O) groups excluding carboxylic acids is 1. The van der Waals surface area contributed by atoms with E-state index in [2.05, 4.69) is 9.88 Å². The number of aliphatic hydroxyl groups excluding tert-OH is 2. The Morgan fingerprint density at radius 3 is 2.22 bits per heavy atom. The zero-order valence-corrected chi connectivity index (χ0v) is 18.9. The van der Waals surface area contributed by atoms with Crippen LogP contribution in [0.5, 0.6) is 0 Å². The van der Waals surface area contributed by atoms with Crippen LogP contribution in [0.4, 0.5) is 0 Å². The molecule has 0 saturated heterocycles. The summed E-state index contributed by atoms with van der Waals surface area (Å²) in [5.74, 6) is 0. The lowest BCUT2D eigenvalue weighted by Gasteiger charge is -2.29. The normalized spacial score (nSPS) is 14.9. The monoisotopic (exact) mass is 452 g/mol. The zero-order chi connectivity index (χ0) is 23.0. The molecule has 4 rings (SSSR count). The fraction of sp³-hybridized carbons (Fsp3) is 0.308. The van der Waals surface area contributed by atoms with Crippen molar-refractivity contribution >= 4 is 17.9 Å². The van der Waals surface area contributed by atoms with Gasteiger partial charge in [-0.2, -0.15) is 0 Å². The van der Waals surface area contributed by atoms with Crippen LogP contribution in [0.1, 0.15) is 46.1 Å². The molecule has 0 bridgehead atoms. The summed E-state index contributed by atoms with van der Waals surface area (Å²) in [7, 11) is 2.04. The van der Waals surface area contributed by atoms with Crippen molar-refractivity contribution in [3.8, 4) is 0 Å². The third kappa shape index (κ3) is 6.24. The molecule has 1 fully saturated rings. The highest BCUT2D eigenvalue weighted by atomic mass is 35.5. The van der Waals surface area contributed by atoms with Crippen LogP contribution in [0.25, 0.3) is 0 Å². The van der Waals surface area contributed by atoms with E-state index in [0.29, 0.717) is 17.1 Å². The van der Waals surface area contributed by atoms with Crippen molar-refractivity contribution in [3.05, 3.63) is 100 Å². The number of aliphatic hydroxyl groups is 2. The first kappa shape index (κ1) is 24.1. The largest absolute Gasteiger partial charge is 0.396 e. The second-order valence-electron chi connectivity index (χ2n) is 8.25. The molecule has 0 spiro atoms. The Bertz CT molecular complexity index is 985. The highest BCUT2D eigenvalue weighted by Gasteiger charge is 2.41. The Balaban J connectivity index is 0.000000352. The van der Waals surface area contributed by atoms with Gasteiger partial charge < -0.3 is 10.2 Å². The summed E-state index contributed by atoms with van der Waals surface area (Å²) >= 11 is 6.05. The van der Waals surface area contributed by atoms with Crippen LogP contribution in [0, 0.1) is 5.41 Å². The van der Waals surface area contributed by atoms with Gasteiger partial charge in [-0.05, 0) is 55.3 Å². The molecule has 1 aliphatic rings. The molecule has 0 amide bonds. The molecular weight excluding hydrogens is 424 g/mol. The Labute approximate surface area is 194 Å². The molecule has 3 aromatic rings. The molecule has 1 unspecified atom stereocenters. The van der Waals surface area contributed by atoms with Crippen LogP contribution in [0.2, 0.25) is 5.02 Å². The van der Waals surface area contributed by atoms with Gasteiger partial charge in [0.2, 0.25) is 0 Å². The van der Waals surface area contributed by atoms with Gasteiger partial charge in [-0.3, -0.25) is 14.7 Å². The average molecular weight is 453 g/mol. The number of hydrogen-bond acceptors (Lipinski definition) is 5. The van der Waals surface area contributed by atoms with Crippen LogP contribution in [0.3, 0.4) is 0 Å². The van der Waals surface area contributed by atoms with Crippen molar-refractivity contribution in [2.75, 3.05) is 20.3 Å². The zero-order valence-electron chi connectivity index (χ0n) is 18.2. The van der Waals surface area contributed by atoms with Gasteiger partial charge in [0.15, 0.2) is 0 Å². The molecule has 168 valence electrons. The summed E-state index contributed by atoms with van der Waals surface area (Å²) in [6, 6.07) is 21.3. The van der Waals surface area contributed by atoms with Crippen LogP contribution in [-0.2, 0) is 6.54 Å². The van der Waals surface area contributed by atoms with Crippen LogP contribution >= 0.6 is 11.6 Å². The smallest absolute Gasteiger partial charge is 0.150 e. The van der Waals surface area contributed by atoms with E-state index in [1.165, 1.54) is 0 Å². The first-order valence-corrected chi connectivity index (χ1v) is 11.0. The maximum atomic E-state index is 11.5. The van der Waals surface area contributed by atoms with Gasteiger partial charge in [-0.1, -0.05) is 54.1 Å². The maximum absolute atomic E-state index is 11.5. The SMILES string of the molecule is CN(Cc1ccccn1)C(c1ccc(Cl)cc1)c1ccccc1C=O.OCC1(CO)CC1. The molecule has 6 heteroatoms. The van der Waals surface area contributed by atoms with E-state index in [-0.39, 0.29) is 24.7 Å². The molecule has 1 aliphatic carbocycles. The maximum Gasteiger partial charge on any atom is 0.150 e. The number of rotatable bonds is 8. The van der Waals surface area contributed by atoms with Gasteiger partial charge in [0.25, 0.3) is 0 Å². The van der Waals surface area contributed by atoms with Crippen molar-refractivity contribution in [2.24, 2.45) is 5.41 Å². The minimum absolute atomic E-state index is 0.0556. The second kappa shape index (κ2) is 11.3. The van der Waals surface area contributed by atoms with Crippen molar-refractivity contribution in [1.82, 2.24) is 9.88 Å². The molecule has 32 heavy (non-hydrogen) atoms. The summed E-state index contributed by atoms with van der Waals surface area (Å²) in [6.07, 6.45) is 4.70. The van der Waals surface area contributed by atoms with Gasteiger partial charge >= 0.3 is 0 Å². The molecular formula is C26H29ClN2O3. The predicted octanol–water partition coefficient (Wildman–Crippen LogP) is 4.52. The van der Waals surface area contributed by atoms with E-state index >= 15 is 0 Å². The Kier molecular flexibility index (Phi) is 8.53. The second-order valence-corrected chi connectivity index (χ2v) is 8.69. The third-order valence-corrected chi connectivity index (χ3v) is 6.06. The first-order valence-electron chi connectivity index (χ1n) is 10.6. The van der Waals surface area contributed by atoms with Crippen molar-refractivity contribution in [2.45, 2.75) is 25.4 Å². The van der Waals surface area contributed by atoms with E-state index in [9.17, 15) is 4.79 Å². The molecule has 1 heterocycles. The topological polar surface area (TPSA) is 73.7 Å². The fourth-order valence-corrected chi connectivity index (χ4v) is 3.69. The number of hydrogen-bond donors (Lipinski definition) is 2. The lowest BCUT2D eigenvalue weighted by Crippen LogP contribution is -2.26. The van der Waals surface area contributed by atoms with Crippen molar-refractivity contribution in [1.29, 1.82) is 0 Å². The van der Waals surface area contributed by atoms with Gasteiger partial charge in [0.1, 0.15) is 6.29 Å². The van der Waals surface area contributed by atoms with Crippen LogP contribution in [0.15, 0.2) is 72.9 Å². The Hall–Kier alpha value is -2.57. The van der Waals surface area contributed by atoms with Crippen molar-refractivity contribution < 1.29 is 15.0 Å². The minimum atomic E-state index is -0.0688. The van der Waals surface area contributed by atoms with Crippen molar-refractivity contribution in [3.63, 3.8) is 0 Å². The van der Waals surface area contributed by atoms with Gasteiger partial charge in [0.05, 0.1) is 24.9 Å². The molecule has 0 radical (unpaired) electrons. The minimum Gasteiger partial charge on any atom is -0.396 e. The molecule has 1 aromatic heterocycles. The summed E-state index contributed by atoms with van der Waals surface area (Å²) in [5.41, 5.74) is 3.67. The number of nitrogens with zero attached hydrogens (tertiary/aromatic N) is 2. The van der Waals surface area contributed by atoms with E-state index in [1.807, 2.05) is 73.8 Å². The molecule has 2 aromatic carbocycles. The highest BCUT2D eigenvalue weighted by molar-refractivity contribution is 6.30. The highest BCUT2D eigenvalue weighted by Crippen LogP contribution is 2.44. The van der Waals surface area contributed by atoms with Gasteiger partial charge in [-0.25, -0.2) is 0 Å². The quantitative estimate of drug-likeness (QED) is 0.491. The summed E-state index contributed by atoms with van der Waals surface area (Å²) in [4.78, 5) is 18.1. The van der Waals surface area contributed by atoms with Crippen LogP contribution < -0.4 is 0 Å². The molecule has 1 atom stereocenters. The number of halogens is 1. The summed E-state index contributed by atoms with van der Waals surface area (Å²) in [6.45, 7) is 0.980. The predicted molar refractivity (Wildman–Crippen MR) is 127 cm³/mol. The third-order valence-electron chi connectivity index (χ3n) is 5.81. The molecule has 1 saturated carbocycles. The number of benzene rings is 2. The molecule has 0 aliphatic heterocycles. The van der Waals surface area contributed by atoms with Gasteiger partial charge in [0, 0.05) is 28.7 Å². The standard InChI is InChI=1S/C21H19ClN2O.C5H10O2/c1-24(14-19-7-4-5-13-23-19)21(16-9-11-18(22)12-10-16)20-8-3-2-6-17(20)15-25;6-3-5(4-7)1-2-5/h2-13,15,21H,14H2,1H3;6-7H,1-4H2. The Morgan fingerprint density at radius 1 is 1.03 bits per heavy atom. The van der Waals surface area contributed by atoms with Gasteiger partial charge in [-0.15, -0.1) is 0 Å². The van der Waals surface area contributed by atoms with E-state index < -0.39 is 0 Å². The number of aldehydes is 1. The van der Waals surface area contributed by atoms with E-state index in [1.54, 1.807) is 6.20 Å². The summed E-state index contributed by atoms with van der Waals surface area (Å²) < 4.78 is 0. The number of aromatic nitrogens is 1. The van der Waals surface area contributed by atoms with Crippen LogP contribution in [-0.4, -0.2) is 46.6 Å².